The van der Waals surface area contributed by atoms with Crippen LogP contribution >= 0.6 is 0 Å². The van der Waals surface area contributed by atoms with Crippen LogP contribution in [0.25, 0.3) is 0 Å². The lowest BCUT2D eigenvalue weighted by Gasteiger charge is -2.56. The highest BCUT2D eigenvalue weighted by atomic mass is 16.2. The number of imide groups is 1. The zero-order chi connectivity index (χ0) is 39.3. The van der Waals surface area contributed by atoms with Gasteiger partial charge in [-0.1, -0.05) is 113 Å². The van der Waals surface area contributed by atoms with Gasteiger partial charge in [-0.25, -0.2) is 0 Å². The molecule has 0 aliphatic heterocycles. The van der Waals surface area contributed by atoms with E-state index in [1.54, 1.807) is 0 Å². The minimum Gasteiger partial charge on any atom is -0.383 e. The largest absolute Gasteiger partial charge is 0.383 e. The summed E-state index contributed by atoms with van der Waals surface area (Å²) in [6.07, 6.45) is 9.56. The van der Waals surface area contributed by atoms with E-state index in [4.69, 9.17) is 0 Å². The van der Waals surface area contributed by atoms with Gasteiger partial charge in [-0.3, -0.25) is 14.9 Å². The Kier molecular flexibility index (Phi) is 10.2. The molecule has 2 N–H and O–H groups in total. The molecule has 0 heterocycles. The van der Waals surface area contributed by atoms with E-state index in [-0.39, 0.29) is 34.5 Å². The molecule has 0 unspecified atom stereocenters. The smallest absolute Gasteiger partial charge is 0.232 e. The van der Waals surface area contributed by atoms with Crippen molar-refractivity contribution in [2.75, 3.05) is 10.2 Å². The van der Waals surface area contributed by atoms with Gasteiger partial charge in [0.2, 0.25) is 11.8 Å². The molecule has 4 aliphatic carbocycles. The van der Waals surface area contributed by atoms with Crippen molar-refractivity contribution < 1.29 is 9.59 Å². The Hall–Kier alpha value is -4.38. The van der Waals surface area contributed by atoms with Crippen molar-refractivity contribution in [2.45, 2.75) is 136 Å². The molecule has 4 aliphatic rings. The third kappa shape index (κ3) is 6.77. The van der Waals surface area contributed by atoms with Crippen LogP contribution in [0.3, 0.4) is 0 Å². The molecule has 4 aromatic carbocycles. The fraction of sp³-hybridized carbons (Fsp3) is 0.490. The first kappa shape index (κ1) is 38.5. The maximum Gasteiger partial charge on any atom is 0.232 e. The molecule has 0 bridgehead atoms. The van der Waals surface area contributed by atoms with Crippen molar-refractivity contribution in [1.82, 2.24) is 5.32 Å². The van der Waals surface area contributed by atoms with Crippen molar-refractivity contribution >= 4 is 23.2 Å². The number of aryl methyl sites for hydroxylation is 2. The molecule has 56 heavy (non-hydrogen) atoms. The Labute approximate surface area is 336 Å². The molecule has 2 fully saturated rings. The minimum absolute atomic E-state index is 0.0530. The summed E-state index contributed by atoms with van der Waals surface area (Å²) >= 11 is 0. The molecular weight excluding hydrogens is 687 g/mol. The number of fused-ring (bicyclic) bond motifs is 6. The third-order valence-corrected chi connectivity index (χ3v) is 15.2. The van der Waals surface area contributed by atoms with Crippen LogP contribution in [0.5, 0.6) is 0 Å². The Morgan fingerprint density at radius 2 is 1.12 bits per heavy atom. The van der Waals surface area contributed by atoms with Crippen LogP contribution in [-0.2, 0) is 46.4 Å². The van der Waals surface area contributed by atoms with Crippen LogP contribution in [0.4, 0.5) is 11.4 Å². The van der Waals surface area contributed by atoms with Crippen LogP contribution in [0.15, 0.2) is 97.1 Å². The zero-order valence-corrected chi connectivity index (χ0v) is 34.7. The van der Waals surface area contributed by atoms with Gasteiger partial charge in [0.15, 0.2) is 0 Å². The van der Waals surface area contributed by atoms with E-state index < -0.39 is 10.8 Å². The molecule has 5 nitrogen and oxygen atoms in total. The molecule has 8 rings (SSSR count). The third-order valence-electron chi connectivity index (χ3n) is 15.2. The molecule has 294 valence electrons. The van der Waals surface area contributed by atoms with Crippen LogP contribution in [-0.4, -0.2) is 17.9 Å². The number of rotatable bonds is 9. The van der Waals surface area contributed by atoms with E-state index in [0.717, 1.165) is 83.0 Å². The fourth-order valence-electron chi connectivity index (χ4n) is 12.3. The predicted octanol–water partition coefficient (Wildman–Crippen LogP) is 11.1. The topological polar surface area (TPSA) is 61.4 Å². The van der Waals surface area contributed by atoms with Crippen molar-refractivity contribution in [1.29, 1.82) is 0 Å². The summed E-state index contributed by atoms with van der Waals surface area (Å²) < 4.78 is 0. The maximum absolute atomic E-state index is 14.8. The number of hydrogen-bond donors (Lipinski definition) is 2. The lowest BCUT2D eigenvalue weighted by molar-refractivity contribution is -0.150. The fourth-order valence-corrected chi connectivity index (χ4v) is 12.3. The minimum atomic E-state index is -0.630. The predicted molar refractivity (Wildman–Crippen MR) is 230 cm³/mol. The number of nitrogens with one attached hydrogen (secondary N) is 2. The van der Waals surface area contributed by atoms with Crippen molar-refractivity contribution in [2.24, 2.45) is 22.7 Å². The van der Waals surface area contributed by atoms with E-state index in [0.29, 0.717) is 6.04 Å². The quantitative estimate of drug-likeness (QED) is 0.167. The standard InChI is InChI=1S/C51H63N3O2/c1-35(2)52-40-23-19-38-21-25-44-48(3,42(38)31-40)27-13-29-50(44,5)46(55)53-47(56)51(6)30-14-28-49(4)43-32-41(24-20-39(43)22-26-45(49)51)54(33-36-15-9-7-10-16-36)34-37-17-11-8-12-18-37/h7-12,15-20,23-24,31-32,35,44-45,52H,13-14,21-22,25-30,33-34H2,1-6H3,(H,53,55,56)/t44-,45-,48-,49-,50+,51+/m1/s1. The van der Waals surface area contributed by atoms with Gasteiger partial charge in [0.05, 0.1) is 10.8 Å². The lowest BCUT2D eigenvalue weighted by atomic mass is 9.49. The second-order valence-electron chi connectivity index (χ2n) is 19.2. The van der Waals surface area contributed by atoms with Gasteiger partial charge >= 0.3 is 0 Å². The number of hydrogen-bond acceptors (Lipinski definition) is 4. The zero-order valence-electron chi connectivity index (χ0n) is 34.7. The van der Waals surface area contributed by atoms with Gasteiger partial charge in [0.25, 0.3) is 0 Å². The Bertz CT molecular complexity index is 2040. The normalized spacial score (nSPS) is 29.3. The molecule has 2 saturated carbocycles. The van der Waals surface area contributed by atoms with E-state index in [2.05, 4.69) is 154 Å². The van der Waals surface area contributed by atoms with E-state index in [1.165, 1.54) is 39.1 Å². The second-order valence-corrected chi connectivity index (χ2v) is 19.2. The van der Waals surface area contributed by atoms with E-state index in [1.807, 2.05) is 0 Å². The van der Waals surface area contributed by atoms with Gasteiger partial charge < -0.3 is 10.2 Å². The molecule has 0 saturated heterocycles. The van der Waals surface area contributed by atoms with Gasteiger partial charge in [-0.2, -0.15) is 0 Å². The summed E-state index contributed by atoms with van der Waals surface area (Å²) in [6, 6.07) is 35.8. The Morgan fingerprint density at radius 3 is 1.62 bits per heavy atom. The van der Waals surface area contributed by atoms with Crippen molar-refractivity contribution in [3.63, 3.8) is 0 Å². The SMILES string of the molecule is CC(C)Nc1ccc2c(c1)[C@@]1(C)CCC[C@](C)(C(=O)NC(=O)[C@@]3(C)CCC[C@]4(C)c5cc(N(Cc6ccccc6)Cc6ccccc6)ccc5CC[C@@H]34)[C@@H]1CC2. The molecule has 0 spiro atoms. The van der Waals surface area contributed by atoms with Crippen LogP contribution < -0.4 is 15.5 Å². The molecule has 2 amide bonds. The van der Waals surface area contributed by atoms with Gasteiger partial charge in [-0.05, 0) is 146 Å². The second kappa shape index (κ2) is 14.8. The summed E-state index contributed by atoms with van der Waals surface area (Å²) in [5.74, 6) is 0.218. The molecule has 0 aromatic heterocycles. The molecule has 0 radical (unpaired) electrons. The van der Waals surface area contributed by atoms with E-state index >= 15 is 0 Å². The van der Waals surface area contributed by atoms with Crippen LogP contribution in [0.1, 0.15) is 126 Å². The monoisotopic (exact) mass is 749 g/mol. The van der Waals surface area contributed by atoms with Crippen LogP contribution in [0, 0.1) is 22.7 Å². The molecule has 6 atom stereocenters. The highest BCUT2D eigenvalue weighted by Crippen LogP contribution is 2.60. The number of nitrogens with zero attached hydrogens (tertiary/aromatic N) is 1. The summed E-state index contributed by atoms with van der Waals surface area (Å²) in [7, 11) is 0. The first-order valence-electron chi connectivity index (χ1n) is 21.6. The average molecular weight is 750 g/mol. The molecule has 4 aromatic rings. The number of anilines is 2. The lowest BCUT2D eigenvalue weighted by Crippen LogP contribution is -2.60. The van der Waals surface area contributed by atoms with Crippen molar-refractivity contribution in [3.8, 4) is 0 Å². The number of carbonyl (C=O) groups is 2. The van der Waals surface area contributed by atoms with Crippen molar-refractivity contribution in [3.05, 3.63) is 130 Å². The molecular formula is C51H63N3O2. The summed E-state index contributed by atoms with van der Waals surface area (Å²) in [5, 5.41) is 6.78. The summed E-state index contributed by atoms with van der Waals surface area (Å²) in [6.45, 7) is 15.1. The highest BCUT2D eigenvalue weighted by Gasteiger charge is 2.58. The number of benzene rings is 4. The number of amides is 2. The van der Waals surface area contributed by atoms with Gasteiger partial charge in [0, 0.05) is 30.5 Å². The highest BCUT2D eigenvalue weighted by molar-refractivity contribution is 6.01. The maximum atomic E-state index is 14.8. The summed E-state index contributed by atoms with van der Waals surface area (Å²) in [5.41, 5.74) is 9.05. The first-order chi connectivity index (χ1) is 26.8. The van der Waals surface area contributed by atoms with Gasteiger partial charge in [-0.15, -0.1) is 0 Å². The average Bonchev–Trinajstić information content (AvgIpc) is 3.18. The van der Waals surface area contributed by atoms with Gasteiger partial charge in [0.1, 0.15) is 0 Å². The molecule has 5 heteroatoms. The number of carbonyl (C=O) groups excluding carboxylic acids is 2. The summed E-state index contributed by atoms with van der Waals surface area (Å²) in [4.78, 5) is 32.1. The Morgan fingerprint density at radius 1 is 0.643 bits per heavy atom. The first-order valence-corrected chi connectivity index (χ1v) is 21.6. The van der Waals surface area contributed by atoms with Crippen LogP contribution in [0.2, 0.25) is 0 Å². The Balaban J connectivity index is 1.05. The van der Waals surface area contributed by atoms with E-state index in [9.17, 15) is 9.59 Å².